The number of carbonyl (C=O) groups excluding carboxylic acids is 1. The molecular weight excluding hydrogens is 404 g/mol. The van der Waals surface area contributed by atoms with Crippen molar-refractivity contribution in [3.8, 4) is 11.5 Å². The molecule has 0 aliphatic carbocycles. The molecule has 0 aliphatic heterocycles. The molecule has 0 aromatic heterocycles. The van der Waals surface area contributed by atoms with Crippen molar-refractivity contribution in [2.24, 2.45) is 5.92 Å². The van der Waals surface area contributed by atoms with Crippen LogP contribution in [-0.4, -0.2) is 42.9 Å². The summed E-state index contributed by atoms with van der Waals surface area (Å²) < 4.78 is 16.1. The summed E-state index contributed by atoms with van der Waals surface area (Å²) >= 11 is 5.82. The number of rotatable bonds is 11. The maximum absolute atomic E-state index is 10.8. The molecule has 0 aliphatic rings. The highest BCUT2D eigenvalue weighted by molar-refractivity contribution is 6.18. The maximum atomic E-state index is 10.8. The molecule has 0 amide bonds. The third kappa shape index (κ3) is 7.22. The van der Waals surface area contributed by atoms with Crippen LogP contribution in [0.15, 0.2) is 48.5 Å². The van der Waals surface area contributed by atoms with E-state index < -0.39 is 12.1 Å². The summed E-state index contributed by atoms with van der Waals surface area (Å²) in [5.74, 6) is 1.95. The van der Waals surface area contributed by atoms with Gasteiger partial charge >= 0.3 is 5.97 Å². The predicted molar refractivity (Wildman–Crippen MR) is 119 cm³/mol. The Hall–Kier alpha value is -2.24. The maximum Gasteiger partial charge on any atom is 0.302 e. The zero-order valence-corrected chi connectivity index (χ0v) is 18.8. The number of hydrogen-bond donors (Lipinski definition) is 1. The van der Waals surface area contributed by atoms with Gasteiger partial charge in [-0.05, 0) is 35.4 Å². The van der Waals surface area contributed by atoms with E-state index in [2.05, 4.69) is 32.9 Å². The molecule has 2 atom stereocenters. The average Bonchev–Trinajstić information content (AvgIpc) is 2.75. The van der Waals surface area contributed by atoms with Gasteiger partial charge in [0.2, 0.25) is 0 Å². The molecule has 0 bridgehead atoms. The summed E-state index contributed by atoms with van der Waals surface area (Å²) in [6.45, 7) is 8.26. The number of hydrogen-bond acceptors (Lipinski definition) is 5. The second kappa shape index (κ2) is 11.2. The van der Waals surface area contributed by atoms with Gasteiger partial charge in [0.1, 0.15) is 30.8 Å². The van der Waals surface area contributed by atoms with Gasteiger partial charge in [-0.15, -0.1) is 11.6 Å². The molecule has 0 unspecified atom stereocenters. The van der Waals surface area contributed by atoms with Crippen molar-refractivity contribution in [2.45, 2.75) is 39.2 Å². The Labute approximate surface area is 183 Å². The van der Waals surface area contributed by atoms with E-state index in [-0.39, 0.29) is 18.6 Å². The predicted octanol–water partition coefficient (Wildman–Crippen LogP) is 4.57. The fraction of sp³-hybridized carbons (Fsp3) is 0.458. The van der Waals surface area contributed by atoms with Crippen molar-refractivity contribution in [3.63, 3.8) is 0 Å². The second-order valence-electron chi connectivity index (χ2n) is 8.01. The summed E-state index contributed by atoms with van der Waals surface area (Å²) in [5, 5.41) is 9.78. The molecule has 0 heterocycles. The van der Waals surface area contributed by atoms with Crippen LogP contribution in [0.4, 0.5) is 0 Å². The Balaban J connectivity index is 1.96. The highest BCUT2D eigenvalue weighted by Gasteiger charge is 2.23. The Morgan fingerprint density at radius 3 is 1.83 bits per heavy atom. The van der Waals surface area contributed by atoms with E-state index in [1.54, 1.807) is 0 Å². The van der Waals surface area contributed by atoms with Crippen LogP contribution in [0.2, 0.25) is 0 Å². The Morgan fingerprint density at radius 2 is 1.40 bits per heavy atom. The van der Waals surface area contributed by atoms with Gasteiger partial charge in [0.15, 0.2) is 0 Å². The van der Waals surface area contributed by atoms with Gasteiger partial charge < -0.3 is 19.3 Å². The third-order valence-corrected chi connectivity index (χ3v) is 5.40. The lowest BCUT2D eigenvalue weighted by Gasteiger charge is -2.26. The van der Waals surface area contributed by atoms with Crippen LogP contribution in [0.5, 0.6) is 11.5 Å². The van der Waals surface area contributed by atoms with Crippen molar-refractivity contribution in [2.75, 3.05) is 25.7 Å². The largest absolute Gasteiger partial charge is 0.493 e. The van der Waals surface area contributed by atoms with E-state index in [1.165, 1.54) is 12.5 Å². The summed E-state index contributed by atoms with van der Waals surface area (Å²) in [6, 6.07) is 15.9. The van der Waals surface area contributed by atoms with E-state index in [0.29, 0.717) is 24.2 Å². The molecule has 2 aromatic rings. The monoisotopic (exact) mass is 434 g/mol. The molecule has 30 heavy (non-hydrogen) atoms. The van der Waals surface area contributed by atoms with Crippen LogP contribution in [0.1, 0.15) is 38.8 Å². The van der Waals surface area contributed by atoms with Crippen LogP contribution >= 0.6 is 11.6 Å². The minimum atomic E-state index is -0.863. The summed E-state index contributed by atoms with van der Waals surface area (Å²) in [6.07, 6.45) is -0.863. The van der Waals surface area contributed by atoms with E-state index in [1.807, 2.05) is 36.4 Å². The lowest BCUT2D eigenvalue weighted by Crippen LogP contribution is -2.24. The molecule has 6 heteroatoms. The Bertz CT molecular complexity index is 786. The fourth-order valence-electron chi connectivity index (χ4n) is 2.84. The molecule has 0 saturated carbocycles. The quantitative estimate of drug-likeness (QED) is 0.414. The van der Waals surface area contributed by atoms with Gasteiger partial charge in [-0.1, -0.05) is 45.0 Å². The molecule has 0 saturated heterocycles. The van der Waals surface area contributed by atoms with Crippen molar-refractivity contribution < 1.29 is 24.1 Å². The molecule has 5 nitrogen and oxygen atoms in total. The minimum Gasteiger partial charge on any atom is -0.493 e. The topological polar surface area (TPSA) is 65.0 Å². The minimum absolute atomic E-state index is 0.0554. The molecular formula is C24H31ClO5. The number of alkyl halides is 1. The first-order valence-corrected chi connectivity index (χ1v) is 10.6. The first-order chi connectivity index (χ1) is 14.2. The number of carbonyl (C=O) groups is 1. The van der Waals surface area contributed by atoms with Crippen molar-refractivity contribution in [1.29, 1.82) is 0 Å². The second-order valence-corrected chi connectivity index (χ2v) is 8.32. The van der Waals surface area contributed by atoms with Gasteiger partial charge in [0.25, 0.3) is 0 Å². The van der Waals surface area contributed by atoms with Gasteiger partial charge in [0, 0.05) is 24.1 Å². The fourth-order valence-corrected chi connectivity index (χ4v) is 2.93. The summed E-state index contributed by atoms with van der Waals surface area (Å²) in [4.78, 5) is 10.8. The highest BCUT2D eigenvalue weighted by atomic mass is 35.5. The van der Waals surface area contributed by atoms with Crippen LogP contribution in [0.25, 0.3) is 0 Å². The number of esters is 1. The van der Waals surface area contributed by atoms with Gasteiger partial charge in [0.05, 0.1) is 6.61 Å². The van der Waals surface area contributed by atoms with Crippen molar-refractivity contribution in [3.05, 3.63) is 59.7 Å². The SMILES string of the molecule is CC(=O)OC[C@H](O)COc1ccc(C(C)(C)c2ccc(OC[C@H](C)CCl)cc2)cc1. The van der Waals surface area contributed by atoms with E-state index in [9.17, 15) is 9.90 Å². The molecule has 2 rings (SSSR count). The lowest BCUT2D eigenvalue weighted by molar-refractivity contribution is -0.144. The van der Waals surface area contributed by atoms with Crippen LogP contribution in [-0.2, 0) is 14.9 Å². The van der Waals surface area contributed by atoms with E-state index in [0.717, 1.165) is 11.3 Å². The van der Waals surface area contributed by atoms with Gasteiger partial charge in [-0.25, -0.2) is 0 Å². The first-order valence-electron chi connectivity index (χ1n) is 10.1. The normalized spacial score (nSPS) is 13.4. The highest BCUT2D eigenvalue weighted by Crippen LogP contribution is 2.33. The third-order valence-electron chi connectivity index (χ3n) is 4.87. The molecule has 0 spiro atoms. The Kier molecular flexibility index (Phi) is 9.00. The van der Waals surface area contributed by atoms with Crippen LogP contribution in [0, 0.1) is 5.92 Å². The summed E-state index contributed by atoms with van der Waals surface area (Å²) in [5.41, 5.74) is 2.11. The Morgan fingerprint density at radius 1 is 0.933 bits per heavy atom. The van der Waals surface area contributed by atoms with Crippen molar-refractivity contribution >= 4 is 17.6 Å². The zero-order chi connectivity index (χ0) is 22.1. The number of aliphatic hydroxyl groups excluding tert-OH is 1. The lowest BCUT2D eigenvalue weighted by atomic mass is 9.78. The molecule has 2 aromatic carbocycles. The van der Waals surface area contributed by atoms with E-state index >= 15 is 0 Å². The molecule has 164 valence electrons. The van der Waals surface area contributed by atoms with Gasteiger partial charge in [-0.3, -0.25) is 4.79 Å². The number of benzene rings is 2. The summed E-state index contributed by atoms with van der Waals surface area (Å²) in [7, 11) is 0. The first kappa shape index (κ1) is 24.0. The average molecular weight is 435 g/mol. The zero-order valence-electron chi connectivity index (χ0n) is 18.1. The van der Waals surface area contributed by atoms with E-state index in [4.69, 9.17) is 25.8 Å². The number of halogens is 1. The molecule has 0 radical (unpaired) electrons. The standard InChI is InChI=1S/C24H31ClO5/c1-17(13-25)14-29-22-9-5-19(6-10-22)24(3,4)20-7-11-23(12-8-20)30-16-21(27)15-28-18(2)26/h5-12,17,21,27H,13-16H2,1-4H3/t17-,21+/m1/s1. The van der Waals surface area contributed by atoms with Crippen LogP contribution in [0.3, 0.4) is 0 Å². The molecule has 1 N–H and O–H groups in total. The van der Waals surface area contributed by atoms with Crippen LogP contribution < -0.4 is 9.47 Å². The molecule has 0 fully saturated rings. The number of aliphatic hydroxyl groups is 1. The van der Waals surface area contributed by atoms with Crippen molar-refractivity contribution in [1.82, 2.24) is 0 Å². The number of ether oxygens (including phenoxy) is 3. The van der Waals surface area contributed by atoms with Gasteiger partial charge in [-0.2, -0.15) is 0 Å². The smallest absolute Gasteiger partial charge is 0.302 e.